The molecule has 0 bridgehead atoms. The van der Waals surface area contributed by atoms with E-state index in [2.05, 4.69) is 19.9 Å². The first kappa shape index (κ1) is 19.5. The summed E-state index contributed by atoms with van der Waals surface area (Å²) >= 11 is 0. The molecule has 2 amide bonds. The average molecular weight is 283 g/mol. The van der Waals surface area contributed by atoms with Crippen molar-refractivity contribution in [2.75, 3.05) is 0 Å². The number of rotatable bonds is 0. The van der Waals surface area contributed by atoms with Gasteiger partial charge in [0.15, 0.2) is 0 Å². The minimum absolute atomic E-state index is 0. The molecule has 4 nitrogen and oxygen atoms in total. The van der Waals surface area contributed by atoms with Crippen LogP contribution in [0.4, 0.5) is 0 Å². The summed E-state index contributed by atoms with van der Waals surface area (Å²) in [5.41, 5.74) is 15.7. The molecule has 2 aliphatic carbocycles. The van der Waals surface area contributed by atoms with Crippen LogP contribution in [0.1, 0.15) is 39.5 Å². The molecule has 0 spiro atoms. The summed E-state index contributed by atoms with van der Waals surface area (Å²) in [7, 11) is 0. The Morgan fingerprint density at radius 3 is 2.06 bits per heavy atom. The topological polar surface area (TPSA) is 81.7 Å². The van der Waals surface area contributed by atoms with Gasteiger partial charge in [0.1, 0.15) is 0 Å². The van der Waals surface area contributed by atoms with E-state index in [0.717, 1.165) is 0 Å². The monoisotopic (exact) mass is 283 g/mol. The molecule has 2 aliphatic rings. The van der Waals surface area contributed by atoms with Crippen LogP contribution in [-0.4, -0.2) is 12.8 Å². The van der Waals surface area contributed by atoms with Crippen LogP contribution in [0.5, 0.6) is 0 Å². The van der Waals surface area contributed by atoms with Crippen LogP contribution >= 0.6 is 0 Å². The van der Waals surface area contributed by atoms with Crippen molar-refractivity contribution in [3.8, 4) is 0 Å². The number of amides is 2. The van der Waals surface area contributed by atoms with E-state index in [1.807, 2.05) is 0 Å². The first-order valence-electron chi connectivity index (χ1n) is 5.66. The third-order valence-corrected chi connectivity index (χ3v) is 3.03. The average Bonchev–Trinajstić information content (AvgIpc) is 2.58. The standard InChI is InChI=1S/C11H15.2CH3NO.Ti/c1-8-7-10-5-3-4-6-11(10)9(8)2;2*2-1-3;/h9H,3-6H2,1-2H3;2*1H,(H2,2,3);/q-1;;;+3/p-2. The van der Waals surface area contributed by atoms with Gasteiger partial charge in [0.25, 0.3) is 0 Å². The second-order valence-corrected chi connectivity index (χ2v) is 3.98. The van der Waals surface area contributed by atoms with E-state index >= 15 is 0 Å². The number of hydrogen-bond donors (Lipinski definition) is 0. The molecular formula is C13H19N2O2Ti. The van der Waals surface area contributed by atoms with E-state index in [1.54, 1.807) is 11.1 Å². The van der Waals surface area contributed by atoms with Crippen molar-refractivity contribution < 1.29 is 31.3 Å². The molecule has 0 aromatic carbocycles. The second-order valence-electron chi connectivity index (χ2n) is 3.98. The van der Waals surface area contributed by atoms with Crippen molar-refractivity contribution in [1.82, 2.24) is 0 Å². The van der Waals surface area contributed by atoms with Gasteiger partial charge in [-0.1, -0.05) is 45.4 Å². The maximum Gasteiger partial charge on any atom is 3.00 e. The Hall–Kier alpha value is -0.866. The summed E-state index contributed by atoms with van der Waals surface area (Å²) in [6, 6.07) is 0. The fraction of sp³-hybridized carbons (Fsp3) is 0.538. The molecule has 0 heterocycles. The third-order valence-electron chi connectivity index (χ3n) is 3.03. The van der Waals surface area contributed by atoms with E-state index in [9.17, 15) is 0 Å². The first-order chi connectivity index (χ1) is 8.12. The summed E-state index contributed by atoms with van der Waals surface area (Å²) in [5.74, 6) is 0.713. The quantitative estimate of drug-likeness (QED) is 0.386. The Balaban J connectivity index is 0. The van der Waals surface area contributed by atoms with Gasteiger partial charge < -0.3 is 21.1 Å². The predicted octanol–water partition coefficient (Wildman–Crippen LogP) is 3.64. The number of hydrogen-bond acceptors (Lipinski definition) is 2. The summed E-state index contributed by atoms with van der Waals surface area (Å²) in [6.07, 6.45) is 8.91. The van der Waals surface area contributed by atoms with Crippen molar-refractivity contribution in [2.24, 2.45) is 5.92 Å². The van der Waals surface area contributed by atoms with Gasteiger partial charge >= 0.3 is 21.7 Å². The Bertz CT molecular complexity index is 319. The zero-order valence-corrected chi connectivity index (χ0v) is 12.4. The van der Waals surface area contributed by atoms with Gasteiger partial charge in [0.2, 0.25) is 0 Å². The van der Waals surface area contributed by atoms with Crippen LogP contribution in [0.3, 0.4) is 0 Å². The minimum Gasteiger partial charge on any atom is -0.671 e. The van der Waals surface area contributed by atoms with Crippen molar-refractivity contribution >= 4 is 12.8 Å². The summed E-state index contributed by atoms with van der Waals surface area (Å²) in [6.45, 7) is 4.53. The number of carbonyl (C=O) groups is 2. The fourth-order valence-electron chi connectivity index (χ4n) is 2.16. The van der Waals surface area contributed by atoms with Crippen molar-refractivity contribution in [3.63, 3.8) is 0 Å². The molecule has 1 atom stereocenters. The van der Waals surface area contributed by atoms with Crippen LogP contribution in [0, 0.1) is 12.0 Å². The molecule has 2 N–H and O–H groups in total. The van der Waals surface area contributed by atoms with Gasteiger partial charge in [0, 0.05) is 12.8 Å². The molecular weight excluding hydrogens is 264 g/mol. The largest absolute Gasteiger partial charge is 3.00 e. The minimum atomic E-state index is 0. The normalized spacial score (nSPS) is 19.9. The third kappa shape index (κ3) is 6.17. The molecule has 0 saturated heterocycles. The van der Waals surface area contributed by atoms with Crippen molar-refractivity contribution in [2.45, 2.75) is 39.5 Å². The summed E-state index contributed by atoms with van der Waals surface area (Å²) in [4.78, 5) is 16.9. The van der Waals surface area contributed by atoms with Crippen LogP contribution in [-0.2, 0) is 31.3 Å². The van der Waals surface area contributed by atoms with E-state index in [-0.39, 0.29) is 34.5 Å². The van der Waals surface area contributed by atoms with Crippen LogP contribution in [0.15, 0.2) is 16.7 Å². The van der Waals surface area contributed by atoms with E-state index in [0.29, 0.717) is 5.92 Å². The molecule has 0 aliphatic heterocycles. The number of allylic oxidation sites excluding steroid dienone is 4. The molecule has 1 unspecified atom stereocenters. The van der Waals surface area contributed by atoms with Gasteiger partial charge in [-0.3, -0.25) is 0 Å². The molecule has 97 valence electrons. The van der Waals surface area contributed by atoms with Gasteiger partial charge in [-0.05, 0) is 0 Å². The Morgan fingerprint density at radius 1 is 1.17 bits per heavy atom. The smallest absolute Gasteiger partial charge is 0.671 e. The summed E-state index contributed by atoms with van der Waals surface area (Å²) < 4.78 is 0. The molecule has 2 rings (SSSR count). The second kappa shape index (κ2) is 11.2. The molecule has 5 heteroatoms. The first-order valence-corrected chi connectivity index (χ1v) is 5.66. The zero-order chi connectivity index (χ0) is 13.3. The molecule has 0 fully saturated rings. The van der Waals surface area contributed by atoms with Crippen LogP contribution in [0.2, 0.25) is 0 Å². The number of carbonyl (C=O) groups excluding carboxylic acids is 2. The van der Waals surface area contributed by atoms with E-state index in [4.69, 9.17) is 21.1 Å². The Morgan fingerprint density at radius 2 is 1.61 bits per heavy atom. The summed E-state index contributed by atoms with van der Waals surface area (Å²) in [5, 5.41) is 0. The Kier molecular flexibility index (Phi) is 12.2. The molecule has 0 aromatic heterocycles. The Labute approximate surface area is 124 Å². The van der Waals surface area contributed by atoms with E-state index < -0.39 is 0 Å². The molecule has 0 aromatic rings. The van der Waals surface area contributed by atoms with E-state index in [1.165, 1.54) is 31.3 Å². The molecule has 0 saturated carbocycles. The fourth-order valence-corrected chi connectivity index (χ4v) is 2.16. The molecule has 1 radical (unpaired) electrons. The maximum atomic E-state index is 8.47. The molecule has 18 heavy (non-hydrogen) atoms. The zero-order valence-electron chi connectivity index (χ0n) is 10.9. The van der Waals surface area contributed by atoms with Crippen LogP contribution in [0.25, 0.3) is 11.5 Å². The SMILES string of the molecule is CC1=[C-]C2=C(CCCC2)C1C.[NH-]C=O.[NH-]C=O.[Ti+3]. The predicted molar refractivity (Wildman–Crippen MR) is 67.9 cm³/mol. The van der Waals surface area contributed by atoms with Gasteiger partial charge in [-0.2, -0.15) is 5.57 Å². The van der Waals surface area contributed by atoms with Crippen molar-refractivity contribution in [3.05, 3.63) is 34.3 Å². The van der Waals surface area contributed by atoms with Crippen molar-refractivity contribution in [1.29, 1.82) is 0 Å². The van der Waals surface area contributed by atoms with Gasteiger partial charge in [-0.25, -0.2) is 17.2 Å². The maximum absolute atomic E-state index is 8.47. The van der Waals surface area contributed by atoms with Crippen LogP contribution < -0.4 is 0 Å². The van der Waals surface area contributed by atoms with Gasteiger partial charge in [0.05, 0.1) is 0 Å². The number of nitrogens with one attached hydrogen (secondary N) is 2. The van der Waals surface area contributed by atoms with Gasteiger partial charge in [-0.15, -0.1) is 0 Å².